The van der Waals surface area contributed by atoms with Gasteiger partial charge in [-0.15, -0.1) is 0 Å². The summed E-state index contributed by atoms with van der Waals surface area (Å²) in [5, 5.41) is 9.71. The van der Waals surface area contributed by atoms with E-state index in [1.165, 1.54) is 11.8 Å². The fraction of sp³-hybridized carbons (Fsp3) is 1.00. The van der Waals surface area contributed by atoms with Crippen LogP contribution < -0.4 is 5.73 Å². The van der Waals surface area contributed by atoms with Gasteiger partial charge in [-0.3, -0.25) is 9.80 Å². The maximum absolute atomic E-state index is 12.9. The van der Waals surface area contributed by atoms with E-state index in [-0.39, 0.29) is 0 Å². The SMILES string of the molecule is CC(N)C(N1CCN(CC(C)(C)O)CC1)C(F)(F)F. The van der Waals surface area contributed by atoms with Crippen molar-refractivity contribution in [3.63, 3.8) is 0 Å². The van der Waals surface area contributed by atoms with Crippen molar-refractivity contribution in [1.82, 2.24) is 9.80 Å². The Bertz CT molecular complexity index is 281. The van der Waals surface area contributed by atoms with Crippen LogP contribution in [0.1, 0.15) is 20.8 Å². The highest BCUT2D eigenvalue weighted by atomic mass is 19.4. The number of hydrogen-bond acceptors (Lipinski definition) is 4. The van der Waals surface area contributed by atoms with Crippen LogP contribution in [-0.4, -0.2) is 71.5 Å². The van der Waals surface area contributed by atoms with Gasteiger partial charge >= 0.3 is 6.18 Å². The maximum Gasteiger partial charge on any atom is 0.405 e. The Morgan fingerprint density at radius 1 is 1.16 bits per heavy atom. The quantitative estimate of drug-likeness (QED) is 0.795. The van der Waals surface area contributed by atoms with E-state index in [0.29, 0.717) is 32.7 Å². The zero-order valence-electron chi connectivity index (χ0n) is 11.7. The lowest BCUT2D eigenvalue weighted by molar-refractivity contribution is -0.192. The molecule has 1 aliphatic rings. The summed E-state index contributed by atoms with van der Waals surface area (Å²) in [7, 11) is 0. The number of β-amino-alcohol motifs (C(OH)–C–C–N with tert-alkyl or cyclic N) is 1. The second-order valence-corrected chi connectivity index (χ2v) is 5.97. The summed E-state index contributed by atoms with van der Waals surface area (Å²) in [5.41, 5.74) is 4.65. The minimum Gasteiger partial charge on any atom is -0.389 e. The molecule has 0 amide bonds. The van der Waals surface area contributed by atoms with Crippen molar-refractivity contribution >= 4 is 0 Å². The summed E-state index contributed by atoms with van der Waals surface area (Å²) in [6.07, 6.45) is -4.30. The average molecular weight is 283 g/mol. The average Bonchev–Trinajstić information content (AvgIpc) is 2.15. The van der Waals surface area contributed by atoms with Crippen LogP contribution >= 0.6 is 0 Å². The van der Waals surface area contributed by atoms with Gasteiger partial charge in [-0.25, -0.2) is 0 Å². The van der Waals surface area contributed by atoms with E-state index in [2.05, 4.69) is 0 Å². The summed E-state index contributed by atoms with van der Waals surface area (Å²) in [4.78, 5) is 3.37. The molecule has 1 aliphatic heterocycles. The number of hydrogen-bond donors (Lipinski definition) is 2. The molecule has 1 heterocycles. The molecular weight excluding hydrogens is 259 g/mol. The highest BCUT2D eigenvalue weighted by Gasteiger charge is 2.46. The van der Waals surface area contributed by atoms with Gasteiger partial charge in [0.15, 0.2) is 0 Å². The lowest BCUT2D eigenvalue weighted by Crippen LogP contribution is -2.61. The second kappa shape index (κ2) is 5.95. The summed E-state index contributed by atoms with van der Waals surface area (Å²) < 4.78 is 38.8. The Morgan fingerprint density at radius 3 is 1.95 bits per heavy atom. The van der Waals surface area contributed by atoms with Gasteiger partial charge in [0.2, 0.25) is 0 Å². The molecule has 0 spiro atoms. The van der Waals surface area contributed by atoms with E-state index in [0.717, 1.165) is 0 Å². The van der Waals surface area contributed by atoms with Crippen molar-refractivity contribution in [2.75, 3.05) is 32.7 Å². The van der Waals surface area contributed by atoms with E-state index >= 15 is 0 Å². The Balaban J connectivity index is 2.57. The molecule has 0 aromatic carbocycles. The first-order valence-electron chi connectivity index (χ1n) is 6.52. The Hall–Kier alpha value is -0.370. The summed E-state index contributed by atoms with van der Waals surface area (Å²) in [6.45, 7) is 6.92. The molecule has 0 aromatic rings. The number of halogens is 3. The summed E-state index contributed by atoms with van der Waals surface area (Å²) in [6, 6.07) is -2.53. The van der Waals surface area contributed by atoms with Crippen LogP contribution in [0.4, 0.5) is 13.2 Å². The molecule has 2 unspecified atom stereocenters. The highest BCUT2D eigenvalue weighted by Crippen LogP contribution is 2.27. The van der Waals surface area contributed by atoms with Crippen LogP contribution in [0.2, 0.25) is 0 Å². The molecule has 0 aliphatic carbocycles. The first-order chi connectivity index (χ1) is 8.50. The molecule has 1 saturated heterocycles. The van der Waals surface area contributed by atoms with Crippen LogP contribution in [0.25, 0.3) is 0 Å². The number of aliphatic hydroxyl groups is 1. The highest BCUT2D eigenvalue weighted by molar-refractivity contribution is 4.89. The van der Waals surface area contributed by atoms with Gasteiger partial charge in [-0.05, 0) is 20.8 Å². The minimum absolute atomic E-state index is 0.321. The maximum atomic E-state index is 12.9. The molecule has 7 heteroatoms. The van der Waals surface area contributed by atoms with Crippen molar-refractivity contribution in [2.24, 2.45) is 5.73 Å². The van der Waals surface area contributed by atoms with Crippen LogP contribution in [0.3, 0.4) is 0 Å². The van der Waals surface area contributed by atoms with Gasteiger partial charge in [0, 0.05) is 38.8 Å². The minimum atomic E-state index is -4.30. The predicted octanol–water partition coefficient (Wildman–Crippen LogP) is 0.653. The van der Waals surface area contributed by atoms with Crippen molar-refractivity contribution in [3.8, 4) is 0 Å². The van der Waals surface area contributed by atoms with E-state index in [4.69, 9.17) is 5.73 Å². The molecule has 0 bridgehead atoms. The van der Waals surface area contributed by atoms with Gasteiger partial charge < -0.3 is 10.8 Å². The molecule has 1 rings (SSSR count). The third-order valence-electron chi connectivity index (χ3n) is 3.24. The largest absolute Gasteiger partial charge is 0.405 e. The van der Waals surface area contributed by atoms with Crippen LogP contribution in [0.5, 0.6) is 0 Å². The topological polar surface area (TPSA) is 52.7 Å². The Morgan fingerprint density at radius 2 is 1.63 bits per heavy atom. The third kappa shape index (κ3) is 5.25. The number of alkyl halides is 3. The Labute approximate surface area is 112 Å². The van der Waals surface area contributed by atoms with E-state index in [1.807, 2.05) is 4.90 Å². The first kappa shape index (κ1) is 16.7. The summed E-state index contributed by atoms with van der Waals surface area (Å²) >= 11 is 0. The molecule has 0 aromatic heterocycles. The molecule has 114 valence electrons. The number of nitrogens with two attached hydrogens (primary N) is 1. The molecule has 1 fully saturated rings. The molecule has 19 heavy (non-hydrogen) atoms. The van der Waals surface area contributed by atoms with Gasteiger partial charge in [-0.1, -0.05) is 0 Å². The van der Waals surface area contributed by atoms with Crippen LogP contribution in [0.15, 0.2) is 0 Å². The number of rotatable bonds is 4. The third-order valence-corrected chi connectivity index (χ3v) is 3.24. The van der Waals surface area contributed by atoms with E-state index < -0.39 is 23.9 Å². The van der Waals surface area contributed by atoms with Crippen LogP contribution in [-0.2, 0) is 0 Å². The predicted molar refractivity (Wildman–Crippen MR) is 67.8 cm³/mol. The monoisotopic (exact) mass is 283 g/mol. The second-order valence-electron chi connectivity index (χ2n) is 5.97. The fourth-order valence-electron chi connectivity index (χ4n) is 2.58. The van der Waals surface area contributed by atoms with Crippen molar-refractivity contribution in [3.05, 3.63) is 0 Å². The van der Waals surface area contributed by atoms with E-state index in [1.54, 1.807) is 13.8 Å². The molecule has 2 atom stereocenters. The van der Waals surface area contributed by atoms with Crippen molar-refractivity contribution < 1.29 is 18.3 Å². The molecule has 0 saturated carbocycles. The Kier molecular flexibility index (Phi) is 5.22. The summed E-state index contributed by atoms with van der Waals surface area (Å²) in [5.74, 6) is 0. The van der Waals surface area contributed by atoms with E-state index in [9.17, 15) is 18.3 Å². The smallest absolute Gasteiger partial charge is 0.389 e. The zero-order valence-corrected chi connectivity index (χ0v) is 11.7. The molecule has 4 nitrogen and oxygen atoms in total. The number of nitrogens with zero attached hydrogens (tertiary/aromatic N) is 2. The van der Waals surface area contributed by atoms with Gasteiger partial charge in [-0.2, -0.15) is 13.2 Å². The standard InChI is InChI=1S/C12H24F3N3O/c1-9(16)10(12(13,14)15)18-6-4-17(5-7-18)8-11(2,3)19/h9-10,19H,4-8,16H2,1-3H3. The van der Waals surface area contributed by atoms with Gasteiger partial charge in [0.05, 0.1) is 5.60 Å². The zero-order chi connectivity index (χ0) is 14.8. The normalized spacial score (nSPS) is 23.4. The lowest BCUT2D eigenvalue weighted by atomic mass is 10.1. The number of piperazine rings is 1. The van der Waals surface area contributed by atoms with Gasteiger partial charge in [0.1, 0.15) is 6.04 Å². The van der Waals surface area contributed by atoms with Gasteiger partial charge in [0.25, 0.3) is 0 Å². The molecular formula is C12H24F3N3O. The first-order valence-corrected chi connectivity index (χ1v) is 6.52. The fourth-order valence-corrected chi connectivity index (χ4v) is 2.58. The van der Waals surface area contributed by atoms with Crippen molar-refractivity contribution in [2.45, 2.75) is 44.6 Å². The lowest BCUT2D eigenvalue weighted by Gasteiger charge is -2.42. The van der Waals surface area contributed by atoms with Crippen molar-refractivity contribution in [1.29, 1.82) is 0 Å². The molecule has 0 radical (unpaired) electrons. The van der Waals surface area contributed by atoms with Crippen LogP contribution in [0, 0.1) is 0 Å². The molecule has 3 N–H and O–H groups in total.